The molecule has 0 atom stereocenters. The third kappa shape index (κ3) is 5.17. The van der Waals surface area contributed by atoms with Crippen LogP contribution in [0.5, 0.6) is 0 Å². The first kappa shape index (κ1) is 16.4. The normalized spacial score (nSPS) is 11.7. The van der Waals surface area contributed by atoms with Crippen LogP contribution in [0.3, 0.4) is 0 Å². The standard InChI is InChI=1S/C11H14Br2ClNO2S/c12-6-2-1-3-7-15-18(16,17)11-5-4-9(13)8-10(11)14/h4-5,8,15H,1-3,6-7H2. The third-order valence-corrected chi connectivity index (χ3v) is 5.28. The number of benzene rings is 1. The Bertz CT molecular complexity index is 494. The summed E-state index contributed by atoms with van der Waals surface area (Å²) in [4.78, 5) is 0.118. The molecule has 0 bridgehead atoms. The fourth-order valence-electron chi connectivity index (χ4n) is 1.37. The van der Waals surface area contributed by atoms with Gasteiger partial charge in [0, 0.05) is 16.3 Å². The Kier molecular flexibility index (Phi) is 7.16. The smallest absolute Gasteiger partial charge is 0.211 e. The molecule has 0 aliphatic heterocycles. The lowest BCUT2D eigenvalue weighted by atomic mass is 10.3. The van der Waals surface area contributed by atoms with E-state index in [-0.39, 0.29) is 9.92 Å². The first-order valence-electron chi connectivity index (χ1n) is 5.48. The maximum Gasteiger partial charge on any atom is 0.242 e. The fraction of sp³-hybridized carbons (Fsp3) is 0.455. The van der Waals surface area contributed by atoms with E-state index in [0.29, 0.717) is 6.54 Å². The van der Waals surface area contributed by atoms with Crippen molar-refractivity contribution in [3.63, 3.8) is 0 Å². The van der Waals surface area contributed by atoms with E-state index in [1.807, 2.05) is 0 Å². The molecular weight excluding hydrogens is 405 g/mol. The van der Waals surface area contributed by atoms with Crippen molar-refractivity contribution < 1.29 is 8.42 Å². The van der Waals surface area contributed by atoms with E-state index in [9.17, 15) is 8.42 Å². The molecule has 1 aromatic rings. The largest absolute Gasteiger partial charge is 0.242 e. The summed E-state index contributed by atoms with van der Waals surface area (Å²) < 4.78 is 27.3. The molecule has 1 aromatic carbocycles. The monoisotopic (exact) mass is 417 g/mol. The lowest BCUT2D eigenvalue weighted by Crippen LogP contribution is -2.25. The van der Waals surface area contributed by atoms with E-state index < -0.39 is 10.0 Å². The lowest BCUT2D eigenvalue weighted by Gasteiger charge is -2.08. The Labute approximate surface area is 130 Å². The van der Waals surface area contributed by atoms with Crippen LogP contribution in [0.25, 0.3) is 0 Å². The van der Waals surface area contributed by atoms with Crippen molar-refractivity contribution in [2.45, 2.75) is 24.2 Å². The van der Waals surface area contributed by atoms with Gasteiger partial charge in [-0.3, -0.25) is 0 Å². The molecule has 0 saturated heterocycles. The zero-order chi connectivity index (χ0) is 13.6. The molecule has 3 nitrogen and oxygen atoms in total. The predicted molar refractivity (Wildman–Crippen MR) is 82.0 cm³/mol. The number of nitrogens with one attached hydrogen (secondary N) is 1. The maximum absolute atomic E-state index is 12.0. The van der Waals surface area contributed by atoms with Gasteiger partial charge in [-0.05, 0) is 31.0 Å². The predicted octanol–water partition coefficient (Wildman–Crippen LogP) is 3.95. The molecule has 0 saturated carbocycles. The van der Waals surface area contributed by atoms with E-state index in [1.54, 1.807) is 12.1 Å². The van der Waals surface area contributed by atoms with Gasteiger partial charge in [-0.2, -0.15) is 0 Å². The highest BCUT2D eigenvalue weighted by molar-refractivity contribution is 9.10. The molecule has 0 spiro atoms. The summed E-state index contributed by atoms with van der Waals surface area (Å²) in [6, 6.07) is 4.72. The second-order valence-electron chi connectivity index (χ2n) is 3.72. The zero-order valence-electron chi connectivity index (χ0n) is 9.63. The third-order valence-electron chi connectivity index (χ3n) is 2.29. The van der Waals surface area contributed by atoms with Crippen LogP contribution in [0.4, 0.5) is 0 Å². The minimum Gasteiger partial charge on any atom is -0.211 e. The molecule has 0 fully saturated rings. The molecule has 0 aromatic heterocycles. The van der Waals surface area contributed by atoms with Crippen LogP contribution in [0, 0.1) is 0 Å². The number of halogens is 3. The first-order valence-corrected chi connectivity index (χ1v) is 9.25. The van der Waals surface area contributed by atoms with Crippen molar-refractivity contribution in [3.8, 4) is 0 Å². The molecule has 7 heteroatoms. The highest BCUT2D eigenvalue weighted by Crippen LogP contribution is 2.24. The first-order chi connectivity index (χ1) is 8.47. The summed E-state index contributed by atoms with van der Waals surface area (Å²) in [6.07, 6.45) is 2.85. The number of rotatable bonds is 7. The van der Waals surface area contributed by atoms with Crippen LogP contribution in [-0.4, -0.2) is 20.3 Å². The summed E-state index contributed by atoms with van der Waals surface area (Å²) in [5.74, 6) is 0. The van der Waals surface area contributed by atoms with Crippen molar-refractivity contribution in [2.75, 3.05) is 11.9 Å². The summed E-state index contributed by atoms with van der Waals surface area (Å²) in [7, 11) is -3.51. The van der Waals surface area contributed by atoms with E-state index in [0.717, 1.165) is 29.1 Å². The van der Waals surface area contributed by atoms with Crippen molar-refractivity contribution in [1.29, 1.82) is 0 Å². The van der Waals surface area contributed by atoms with Crippen molar-refractivity contribution >= 4 is 53.5 Å². The van der Waals surface area contributed by atoms with Gasteiger partial charge >= 0.3 is 0 Å². The Morgan fingerprint density at radius 3 is 2.56 bits per heavy atom. The molecule has 0 aliphatic rings. The highest BCUT2D eigenvalue weighted by Gasteiger charge is 2.17. The van der Waals surface area contributed by atoms with Gasteiger partial charge in [-0.15, -0.1) is 0 Å². The van der Waals surface area contributed by atoms with Gasteiger partial charge in [0.2, 0.25) is 10.0 Å². The van der Waals surface area contributed by atoms with Crippen LogP contribution in [0.1, 0.15) is 19.3 Å². The molecule has 1 rings (SSSR count). The minimum absolute atomic E-state index is 0.118. The minimum atomic E-state index is -3.51. The van der Waals surface area contributed by atoms with Crippen LogP contribution < -0.4 is 4.72 Å². The molecule has 18 heavy (non-hydrogen) atoms. The Hall–Kier alpha value is 0.380. The average Bonchev–Trinajstić information content (AvgIpc) is 2.28. The van der Waals surface area contributed by atoms with E-state index in [4.69, 9.17) is 11.6 Å². The lowest BCUT2D eigenvalue weighted by molar-refractivity contribution is 0.576. The van der Waals surface area contributed by atoms with E-state index >= 15 is 0 Å². The van der Waals surface area contributed by atoms with Crippen LogP contribution >= 0.6 is 43.5 Å². The number of unbranched alkanes of at least 4 members (excludes halogenated alkanes) is 2. The number of hydrogen-bond acceptors (Lipinski definition) is 2. The van der Waals surface area contributed by atoms with Crippen LogP contribution in [0.15, 0.2) is 27.6 Å². The second kappa shape index (κ2) is 7.85. The summed E-state index contributed by atoms with van der Waals surface area (Å²) >= 11 is 12.5. The maximum atomic E-state index is 12.0. The Morgan fingerprint density at radius 1 is 1.22 bits per heavy atom. The van der Waals surface area contributed by atoms with E-state index in [1.165, 1.54) is 6.07 Å². The van der Waals surface area contributed by atoms with Crippen molar-refractivity contribution in [3.05, 3.63) is 27.7 Å². The topological polar surface area (TPSA) is 46.2 Å². The van der Waals surface area contributed by atoms with Crippen LogP contribution in [0.2, 0.25) is 5.02 Å². The Morgan fingerprint density at radius 2 is 1.94 bits per heavy atom. The average molecular weight is 420 g/mol. The quantitative estimate of drug-likeness (QED) is 0.537. The van der Waals surface area contributed by atoms with Gasteiger partial charge in [0.15, 0.2) is 0 Å². The second-order valence-corrected chi connectivity index (χ2v) is 7.57. The van der Waals surface area contributed by atoms with Crippen molar-refractivity contribution in [1.82, 2.24) is 4.72 Å². The van der Waals surface area contributed by atoms with Crippen molar-refractivity contribution in [2.24, 2.45) is 0 Å². The van der Waals surface area contributed by atoms with Gasteiger partial charge in [0.05, 0.1) is 5.02 Å². The summed E-state index contributed by atoms with van der Waals surface area (Å²) in [6.45, 7) is 0.432. The van der Waals surface area contributed by atoms with Gasteiger partial charge in [0.1, 0.15) is 4.90 Å². The highest BCUT2D eigenvalue weighted by atomic mass is 79.9. The van der Waals surface area contributed by atoms with Gasteiger partial charge in [-0.1, -0.05) is 49.9 Å². The molecule has 0 radical (unpaired) electrons. The molecular formula is C11H14Br2ClNO2S. The van der Waals surface area contributed by atoms with Gasteiger partial charge in [-0.25, -0.2) is 13.1 Å². The number of sulfonamides is 1. The van der Waals surface area contributed by atoms with E-state index in [2.05, 4.69) is 36.6 Å². The summed E-state index contributed by atoms with van der Waals surface area (Å²) in [5.41, 5.74) is 0. The summed E-state index contributed by atoms with van der Waals surface area (Å²) in [5, 5.41) is 1.16. The number of alkyl halides is 1. The molecule has 0 unspecified atom stereocenters. The molecule has 1 N–H and O–H groups in total. The van der Waals surface area contributed by atoms with Gasteiger partial charge < -0.3 is 0 Å². The molecule has 0 heterocycles. The molecule has 102 valence electrons. The fourth-order valence-corrected chi connectivity index (χ4v) is 3.88. The molecule has 0 amide bonds. The zero-order valence-corrected chi connectivity index (χ0v) is 14.4. The molecule has 0 aliphatic carbocycles. The van der Waals surface area contributed by atoms with Gasteiger partial charge in [0.25, 0.3) is 0 Å². The Balaban J connectivity index is 2.63. The van der Waals surface area contributed by atoms with Crippen LogP contribution in [-0.2, 0) is 10.0 Å². The number of hydrogen-bond donors (Lipinski definition) is 1. The SMILES string of the molecule is O=S(=O)(NCCCCCBr)c1ccc(Br)cc1Cl.